The molecule has 17 heavy (non-hydrogen) atoms. The SMILES string of the molecule is O=C1CCCCCC1N(CC(F)(F)F)C1CC1. The third-order valence-corrected chi connectivity index (χ3v) is 3.55. The van der Waals surface area contributed by atoms with E-state index in [9.17, 15) is 18.0 Å². The number of Topliss-reactive ketones (excluding diaryl/α,β-unsaturated/α-hetero) is 1. The van der Waals surface area contributed by atoms with E-state index in [2.05, 4.69) is 0 Å². The Balaban J connectivity index is 2.05. The Bertz CT molecular complexity index is 286. The van der Waals surface area contributed by atoms with Gasteiger partial charge in [0.2, 0.25) is 0 Å². The Kier molecular flexibility index (Phi) is 3.76. The minimum atomic E-state index is -4.20. The van der Waals surface area contributed by atoms with E-state index < -0.39 is 18.8 Å². The molecule has 0 aliphatic heterocycles. The molecule has 0 radical (unpaired) electrons. The molecule has 2 fully saturated rings. The van der Waals surface area contributed by atoms with Crippen molar-refractivity contribution in [3.05, 3.63) is 0 Å². The average Bonchev–Trinajstić information content (AvgIpc) is 3.00. The van der Waals surface area contributed by atoms with Gasteiger partial charge in [0, 0.05) is 12.5 Å². The van der Waals surface area contributed by atoms with Crippen molar-refractivity contribution < 1.29 is 18.0 Å². The first-order valence-corrected chi connectivity index (χ1v) is 6.32. The number of hydrogen-bond donors (Lipinski definition) is 0. The lowest BCUT2D eigenvalue weighted by Crippen LogP contribution is -2.46. The highest BCUT2D eigenvalue weighted by molar-refractivity contribution is 5.84. The first kappa shape index (κ1) is 12.9. The molecule has 1 atom stereocenters. The van der Waals surface area contributed by atoms with E-state index in [-0.39, 0.29) is 11.8 Å². The van der Waals surface area contributed by atoms with Crippen LogP contribution in [0.4, 0.5) is 13.2 Å². The Labute approximate surface area is 99.2 Å². The standard InChI is InChI=1S/C12H18F3NO/c13-12(14,15)8-16(9-6-7-9)10-4-2-1-3-5-11(10)17/h9-10H,1-8H2. The summed E-state index contributed by atoms with van der Waals surface area (Å²) in [4.78, 5) is 13.3. The van der Waals surface area contributed by atoms with Gasteiger partial charge >= 0.3 is 6.18 Å². The minimum Gasteiger partial charge on any atom is -0.298 e. The molecule has 5 heteroatoms. The zero-order valence-corrected chi connectivity index (χ0v) is 9.80. The van der Waals surface area contributed by atoms with Gasteiger partial charge in [0.15, 0.2) is 0 Å². The van der Waals surface area contributed by atoms with E-state index in [4.69, 9.17) is 0 Å². The maximum absolute atomic E-state index is 12.5. The Morgan fingerprint density at radius 1 is 1.12 bits per heavy atom. The van der Waals surface area contributed by atoms with Gasteiger partial charge in [-0.1, -0.05) is 12.8 Å². The molecule has 0 heterocycles. The molecule has 2 aliphatic carbocycles. The Morgan fingerprint density at radius 3 is 2.41 bits per heavy atom. The van der Waals surface area contributed by atoms with Crippen molar-refractivity contribution in [1.82, 2.24) is 4.90 Å². The molecular weight excluding hydrogens is 231 g/mol. The normalized spacial score (nSPS) is 27.3. The van der Waals surface area contributed by atoms with Gasteiger partial charge in [-0.3, -0.25) is 9.69 Å². The number of ketones is 1. The fourth-order valence-electron chi connectivity index (χ4n) is 2.60. The molecule has 0 aromatic carbocycles. The van der Waals surface area contributed by atoms with Crippen molar-refractivity contribution in [2.45, 2.75) is 63.2 Å². The Hall–Kier alpha value is -0.580. The van der Waals surface area contributed by atoms with Gasteiger partial charge in [0.25, 0.3) is 0 Å². The summed E-state index contributed by atoms with van der Waals surface area (Å²) in [6.45, 7) is -0.923. The molecule has 0 amide bonds. The smallest absolute Gasteiger partial charge is 0.298 e. The molecule has 1 unspecified atom stereocenters. The number of rotatable bonds is 3. The third-order valence-electron chi connectivity index (χ3n) is 3.55. The average molecular weight is 249 g/mol. The van der Waals surface area contributed by atoms with Crippen molar-refractivity contribution in [2.24, 2.45) is 0 Å². The molecule has 0 bridgehead atoms. The van der Waals surface area contributed by atoms with E-state index in [1.54, 1.807) is 0 Å². The van der Waals surface area contributed by atoms with Crippen LogP contribution in [-0.2, 0) is 4.79 Å². The summed E-state index contributed by atoms with van der Waals surface area (Å²) >= 11 is 0. The van der Waals surface area contributed by atoms with Crippen LogP contribution in [0.3, 0.4) is 0 Å². The van der Waals surface area contributed by atoms with Crippen LogP contribution in [0.2, 0.25) is 0 Å². The zero-order chi connectivity index (χ0) is 12.5. The lowest BCUT2D eigenvalue weighted by Gasteiger charge is -2.30. The van der Waals surface area contributed by atoms with Gasteiger partial charge in [-0.15, -0.1) is 0 Å². The number of nitrogens with zero attached hydrogens (tertiary/aromatic N) is 1. The summed E-state index contributed by atoms with van der Waals surface area (Å²) in [5.74, 6) is 0.0126. The maximum Gasteiger partial charge on any atom is 0.401 e. The highest BCUT2D eigenvalue weighted by atomic mass is 19.4. The number of carbonyl (C=O) groups is 1. The second-order valence-corrected chi connectivity index (χ2v) is 5.10. The molecule has 98 valence electrons. The summed E-state index contributed by atoms with van der Waals surface area (Å²) in [6.07, 6.45) is 1.14. The van der Waals surface area contributed by atoms with Crippen molar-refractivity contribution in [3.63, 3.8) is 0 Å². The van der Waals surface area contributed by atoms with E-state index in [0.29, 0.717) is 12.8 Å². The van der Waals surface area contributed by atoms with Gasteiger partial charge < -0.3 is 0 Å². The van der Waals surface area contributed by atoms with Crippen molar-refractivity contribution in [1.29, 1.82) is 0 Å². The second-order valence-electron chi connectivity index (χ2n) is 5.10. The molecule has 2 nitrogen and oxygen atoms in total. The summed E-state index contributed by atoms with van der Waals surface area (Å²) in [5, 5.41) is 0. The topological polar surface area (TPSA) is 20.3 Å². The van der Waals surface area contributed by atoms with Gasteiger partial charge in [0.05, 0.1) is 12.6 Å². The zero-order valence-electron chi connectivity index (χ0n) is 9.80. The van der Waals surface area contributed by atoms with Crippen molar-refractivity contribution >= 4 is 5.78 Å². The summed E-state index contributed by atoms with van der Waals surface area (Å²) < 4.78 is 37.6. The summed E-state index contributed by atoms with van der Waals surface area (Å²) in [7, 11) is 0. The fraction of sp³-hybridized carbons (Fsp3) is 0.917. The molecule has 0 aromatic heterocycles. The molecule has 2 rings (SSSR count). The first-order chi connectivity index (χ1) is 7.97. The van der Waals surface area contributed by atoms with E-state index in [1.165, 1.54) is 4.90 Å². The summed E-state index contributed by atoms with van der Waals surface area (Å²) in [5.41, 5.74) is 0. The molecule has 0 N–H and O–H groups in total. The van der Waals surface area contributed by atoms with Gasteiger partial charge in [-0.25, -0.2) is 0 Å². The van der Waals surface area contributed by atoms with Gasteiger partial charge in [-0.2, -0.15) is 13.2 Å². The molecule has 0 saturated heterocycles. The molecule has 2 saturated carbocycles. The lowest BCUT2D eigenvalue weighted by molar-refractivity contribution is -0.156. The third kappa shape index (κ3) is 3.69. The van der Waals surface area contributed by atoms with Crippen LogP contribution in [0, 0.1) is 0 Å². The molecular formula is C12H18F3NO. The number of alkyl halides is 3. The highest BCUT2D eigenvalue weighted by Gasteiger charge is 2.43. The minimum absolute atomic E-state index is 0.0105. The monoisotopic (exact) mass is 249 g/mol. The quantitative estimate of drug-likeness (QED) is 0.717. The van der Waals surface area contributed by atoms with E-state index in [1.807, 2.05) is 0 Å². The molecule has 0 spiro atoms. The van der Waals surface area contributed by atoms with Crippen molar-refractivity contribution in [2.75, 3.05) is 6.54 Å². The van der Waals surface area contributed by atoms with Gasteiger partial charge in [-0.05, 0) is 25.7 Å². The van der Waals surface area contributed by atoms with Crippen LogP contribution in [0.5, 0.6) is 0 Å². The molecule has 0 aromatic rings. The molecule has 2 aliphatic rings. The second kappa shape index (κ2) is 4.96. The van der Waals surface area contributed by atoms with Crippen LogP contribution < -0.4 is 0 Å². The fourth-order valence-corrected chi connectivity index (χ4v) is 2.60. The van der Waals surface area contributed by atoms with Crippen molar-refractivity contribution in [3.8, 4) is 0 Å². The van der Waals surface area contributed by atoms with Crippen LogP contribution in [0.25, 0.3) is 0 Å². The highest BCUT2D eigenvalue weighted by Crippen LogP contribution is 2.34. The first-order valence-electron chi connectivity index (χ1n) is 6.32. The predicted molar refractivity (Wildman–Crippen MR) is 57.7 cm³/mol. The van der Waals surface area contributed by atoms with E-state index in [0.717, 1.165) is 32.1 Å². The van der Waals surface area contributed by atoms with Gasteiger partial charge in [0.1, 0.15) is 5.78 Å². The largest absolute Gasteiger partial charge is 0.401 e. The number of halogens is 3. The van der Waals surface area contributed by atoms with Crippen LogP contribution in [0.1, 0.15) is 44.9 Å². The van der Waals surface area contributed by atoms with Crippen LogP contribution in [0.15, 0.2) is 0 Å². The number of carbonyl (C=O) groups excluding carboxylic acids is 1. The Morgan fingerprint density at radius 2 is 1.82 bits per heavy atom. The van der Waals surface area contributed by atoms with E-state index >= 15 is 0 Å². The summed E-state index contributed by atoms with van der Waals surface area (Å²) in [6, 6.07) is -0.490. The predicted octanol–water partition coefficient (Wildman–Crippen LogP) is 2.91. The lowest BCUT2D eigenvalue weighted by atomic mass is 10.1. The number of hydrogen-bond acceptors (Lipinski definition) is 2. The van der Waals surface area contributed by atoms with Crippen LogP contribution in [-0.4, -0.2) is 35.5 Å². The van der Waals surface area contributed by atoms with Crippen LogP contribution >= 0.6 is 0 Å². The maximum atomic E-state index is 12.5.